The number of anilines is 2. The highest BCUT2D eigenvalue weighted by atomic mass is 32.1. The van der Waals surface area contributed by atoms with Gasteiger partial charge in [-0.1, -0.05) is 29.5 Å². The van der Waals surface area contributed by atoms with Crippen LogP contribution in [0.3, 0.4) is 0 Å². The summed E-state index contributed by atoms with van der Waals surface area (Å²) in [6.45, 7) is 0.575. The zero-order chi connectivity index (χ0) is 21.1. The predicted octanol–water partition coefficient (Wildman–Crippen LogP) is 3.51. The van der Waals surface area contributed by atoms with Gasteiger partial charge in [0.1, 0.15) is 11.0 Å². The molecule has 7 nitrogen and oxygen atoms in total. The van der Waals surface area contributed by atoms with Crippen molar-refractivity contribution in [2.45, 2.75) is 18.9 Å². The van der Waals surface area contributed by atoms with Crippen molar-refractivity contribution in [3.63, 3.8) is 0 Å². The third kappa shape index (κ3) is 4.18. The molecule has 154 valence electrons. The quantitative estimate of drug-likeness (QED) is 0.682. The van der Waals surface area contributed by atoms with Crippen LogP contribution in [0.2, 0.25) is 0 Å². The normalized spacial score (nSPS) is 15.8. The Balaban J connectivity index is 1.44. The van der Waals surface area contributed by atoms with Gasteiger partial charge in [0.15, 0.2) is 0 Å². The fourth-order valence-electron chi connectivity index (χ4n) is 3.51. The van der Waals surface area contributed by atoms with Crippen molar-refractivity contribution in [1.82, 2.24) is 15.1 Å². The van der Waals surface area contributed by atoms with E-state index in [2.05, 4.69) is 15.5 Å². The van der Waals surface area contributed by atoms with E-state index in [0.29, 0.717) is 23.7 Å². The van der Waals surface area contributed by atoms with E-state index < -0.39 is 6.04 Å². The summed E-state index contributed by atoms with van der Waals surface area (Å²) in [7, 11) is 3.98. The van der Waals surface area contributed by atoms with Crippen molar-refractivity contribution >= 4 is 34.0 Å². The van der Waals surface area contributed by atoms with E-state index in [1.807, 2.05) is 61.5 Å². The Morgan fingerprint density at radius 2 is 1.80 bits per heavy atom. The number of amides is 2. The Hall–Kier alpha value is -3.26. The molecule has 0 radical (unpaired) electrons. The van der Waals surface area contributed by atoms with Crippen molar-refractivity contribution in [1.29, 1.82) is 0 Å². The smallest absolute Gasteiger partial charge is 0.254 e. The number of carbonyl (C=O) groups is 2. The van der Waals surface area contributed by atoms with Gasteiger partial charge in [-0.15, -0.1) is 10.2 Å². The van der Waals surface area contributed by atoms with Gasteiger partial charge in [0.2, 0.25) is 11.0 Å². The second-order valence-corrected chi connectivity index (χ2v) is 8.34. The zero-order valence-electron chi connectivity index (χ0n) is 16.9. The van der Waals surface area contributed by atoms with Gasteiger partial charge in [0.25, 0.3) is 5.91 Å². The Bertz CT molecular complexity index is 1030. The fraction of sp³-hybridized carbons (Fsp3) is 0.273. The molecule has 2 aromatic carbocycles. The van der Waals surface area contributed by atoms with Crippen LogP contribution in [0.15, 0.2) is 54.6 Å². The molecule has 1 aromatic heterocycles. The van der Waals surface area contributed by atoms with Crippen LogP contribution < -0.4 is 10.2 Å². The first-order valence-corrected chi connectivity index (χ1v) is 10.6. The minimum absolute atomic E-state index is 0.118. The van der Waals surface area contributed by atoms with Crippen LogP contribution in [-0.4, -0.2) is 53.6 Å². The Morgan fingerprint density at radius 1 is 1.07 bits per heavy atom. The minimum Gasteiger partial charge on any atom is -0.378 e. The molecule has 0 spiro atoms. The number of hydrogen-bond acceptors (Lipinski definition) is 6. The molecule has 1 N–H and O–H groups in total. The monoisotopic (exact) mass is 421 g/mol. The maximum atomic E-state index is 12.9. The van der Waals surface area contributed by atoms with E-state index in [4.69, 9.17) is 0 Å². The third-order valence-electron chi connectivity index (χ3n) is 5.12. The van der Waals surface area contributed by atoms with Crippen LogP contribution in [0, 0.1) is 0 Å². The van der Waals surface area contributed by atoms with Crippen LogP contribution in [0.4, 0.5) is 10.8 Å². The molecule has 4 rings (SSSR count). The fourth-order valence-corrected chi connectivity index (χ4v) is 4.26. The molecule has 1 fully saturated rings. The molecule has 1 aliphatic rings. The lowest BCUT2D eigenvalue weighted by molar-refractivity contribution is -0.119. The number of nitrogens with zero attached hydrogens (tertiary/aromatic N) is 4. The van der Waals surface area contributed by atoms with Gasteiger partial charge >= 0.3 is 0 Å². The standard InChI is InChI=1S/C22H23N5O2S/c1-26(2)17-12-10-15(11-13-17)20-24-25-22(30-20)23-19(28)18-9-6-14-27(18)21(29)16-7-4-3-5-8-16/h3-5,7-8,10-13,18H,6,9,14H2,1-2H3,(H,23,25,28)/t18-/m0/s1. The maximum absolute atomic E-state index is 12.9. The number of nitrogens with one attached hydrogen (secondary N) is 1. The van der Waals surface area contributed by atoms with Gasteiger partial charge in [-0.05, 0) is 49.2 Å². The van der Waals surface area contributed by atoms with Crippen LogP contribution in [0.5, 0.6) is 0 Å². The Kier molecular flexibility index (Phi) is 5.76. The van der Waals surface area contributed by atoms with E-state index in [1.54, 1.807) is 17.0 Å². The van der Waals surface area contributed by atoms with E-state index in [9.17, 15) is 9.59 Å². The highest BCUT2D eigenvalue weighted by Crippen LogP contribution is 2.29. The summed E-state index contributed by atoms with van der Waals surface area (Å²) in [5.41, 5.74) is 2.64. The average molecular weight is 422 g/mol. The number of rotatable bonds is 5. The summed E-state index contributed by atoms with van der Waals surface area (Å²) in [5.74, 6) is -0.338. The first-order valence-electron chi connectivity index (χ1n) is 9.81. The molecule has 0 bridgehead atoms. The Morgan fingerprint density at radius 3 is 2.50 bits per heavy atom. The number of benzene rings is 2. The summed E-state index contributed by atoms with van der Waals surface area (Å²) in [6.07, 6.45) is 1.44. The lowest BCUT2D eigenvalue weighted by Crippen LogP contribution is -2.43. The van der Waals surface area contributed by atoms with Crippen molar-refractivity contribution in [3.8, 4) is 10.6 Å². The molecule has 0 aliphatic carbocycles. The predicted molar refractivity (Wildman–Crippen MR) is 119 cm³/mol. The number of aromatic nitrogens is 2. The average Bonchev–Trinajstić information content (AvgIpc) is 3.44. The van der Waals surface area contributed by atoms with Crippen molar-refractivity contribution in [3.05, 3.63) is 60.2 Å². The largest absolute Gasteiger partial charge is 0.378 e. The van der Waals surface area contributed by atoms with Gasteiger partial charge in [-0.25, -0.2) is 0 Å². The van der Waals surface area contributed by atoms with Gasteiger partial charge in [0.05, 0.1) is 0 Å². The van der Waals surface area contributed by atoms with E-state index in [1.165, 1.54) is 11.3 Å². The Labute approximate surface area is 179 Å². The summed E-state index contributed by atoms with van der Waals surface area (Å²) >= 11 is 1.32. The van der Waals surface area contributed by atoms with E-state index in [0.717, 1.165) is 22.7 Å². The molecule has 0 unspecified atom stereocenters. The number of likely N-dealkylation sites (tertiary alicyclic amines) is 1. The molecule has 3 aromatic rings. The molecule has 1 aliphatic heterocycles. The molecule has 1 atom stereocenters. The minimum atomic E-state index is -0.496. The third-order valence-corrected chi connectivity index (χ3v) is 6.01. The summed E-state index contributed by atoms with van der Waals surface area (Å²) in [4.78, 5) is 29.3. The second-order valence-electron chi connectivity index (χ2n) is 7.37. The second kappa shape index (κ2) is 8.62. The van der Waals surface area contributed by atoms with Crippen LogP contribution in [0.25, 0.3) is 10.6 Å². The summed E-state index contributed by atoms with van der Waals surface area (Å²) in [5, 5.41) is 12.3. The summed E-state index contributed by atoms with van der Waals surface area (Å²) < 4.78 is 0. The zero-order valence-corrected chi connectivity index (χ0v) is 17.7. The molecule has 2 amide bonds. The molecule has 0 saturated carbocycles. The topological polar surface area (TPSA) is 78.4 Å². The first kappa shape index (κ1) is 20.0. The summed E-state index contributed by atoms with van der Waals surface area (Å²) in [6, 6.07) is 16.6. The molecule has 8 heteroatoms. The molecule has 2 heterocycles. The van der Waals surface area contributed by atoms with E-state index in [-0.39, 0.29) is 11.8 Å². The van der Waals surface area contributed by atoms with Crippen LogP contribution >= 0.6 is 11.3 Å². The van der Waals surface area contributed by atoms with Gasteiger partial charge in [-0.3, -0.25) is 14.9 Å². The van der Waals surface area contributed by atoms with Crippen LogP contribution in [0.1, 0.15) is 23.2 Å². The lowest BCUT2D eigenvalue weighted by atomic mass is 10.1. The van der Waals surface area contributed by atoms with Gasteiger partial charge in [0, 0.05) is 37.5 Å². The van der Waals surface area contributed by atoms with Crippen molar-refractivity contribution in [2.24, 2.45) is 0 Å². The van der Waals surface area contributed by atoms with E-state index >= 15 is 0 Å². The number of hydrogen-bond donors (Lipinski definition) is 1. The SMILES string of the molecule is CN(C)c1ccc(-c2nnc(NC(=O)[C@@H]3CCCN3C(=O)c3ccccc3)s2)cc1. The molecule has 1 saturated heterocycles. The highest BCUT2D eigenvalue weighted by molar-refractivity contribution is 7.18. The van der Waals surface area contributed by atoms with Crippen molar-refractivity contribution < 1.29 is 9.59 Å². The molecule has 30 heavy (non-hydrogen) atoms. The van der Waals surface area contributed by atoms with Crippen LogP contribution in [-0.2, 0) is 4.79 Å². The first-order chi connectivity index (χ1) is 14.5. The highest BCUT2D eigenvalue weighted by Gasteiger charge is 2.34. The molecular formula is C22H23N5O2S. The van der Waals surface area contributed by atoms with Crippen molar-refractivity contribution in [2.75, 3.05) is 30.9 Å². The molecular weight excluding hydrogens is 398 g/mol. The number of carbonyl (C=O) groups excluding carboxylic acids is 2. The van der Waals surface area contributed by atoms with Gasteiger partial charge in [-0.2, -0.15) is 0 Å². The van der Waals surface area contributed by atoms with Gasteiger partial charge < -0.3 is 9.80 Å². The lowest BCUT2D eigenvalue weighted by Gasteiger charge is -2.23. The maximum Gasteiger partial charge on any atom is 0.254 e.